The minimum Gasteiger partial charge on any atom is -0.495 e. The average molecular weight is 413 g/mol. The minimum atomic E-state index is -0.525. The highest BCUT2D eigenvalue weighted by molar-refractivity contribution is 7.80. The lowest BCUT2D eigenvalue weighted by Gasteiger charge is -2.31. The third-order valence-corrected chi connectivity index (χ3v) is 4.83. The maximum Gasteiger partial charge on any atom is 0.255 e. The Hall–Kier alpha value is -3.26. The van der Waals surface area contributed by atoms with Gasteiger partial charge in [0.2, 0.25) is 0 Å². The zero-order chi connectivity index (χ0) is 21.0. The van der Waals surface area contributed by atoms with Crippen molar-refractivity contribution < 1.29 is 19.0 Å². The predicted molar refractivity (Wildman–Crippen MR) is 115 cm³/mol. The number of rotatable bonds is 6. The zero-order valence-corrected chi connectivity index (χ0v) is 17.5. The van der Waals surface area contributed by atoms with E-state index in [9.17, 15) is 4.79 Å². The van der Waals surface area contributed by atoms with E-state index in [4.69, 9.17) is 26.4 Å². The molecular weight excluding hydrogens is 390 g/mol. The second-order valence-electron chi connectivity index (χ2n) is 6.31. The number of anilines is 1. The van der Waals surface area contributed by atoms with Crippen LogP contribution in [-0.4, -0.2) is 32.3 Å². The molecular formula is C21H23N3O4S. The van der Waals surface area contributed by atoms with E-state index in [-0.39, 0.29) is 5.91 Å². The first-order valence-corrected chi connectivity index (χ1v) is 9.34. The van der Waals surface area contributed by atoms with Gasteiger partial charge in [0.05, 0.1) is 38.6 Å². The van der Waals surface area contributed by atoms with Crippen LogP contribution in [0.25, 0.3) is 0 Å². The molecule has 0 bridgehead atoms. The Kier molecular flexibility index (Phi) is 6.23. The van der Waals surface area contributed by atoms with E-state index in [1.54, 1.807) is 39.5 Å². The van der Waals surface area contributed by atoms with Crippen molar-refractivity contribution in [2.45, 2.75) is 13.0 Å². The number of carbonyl (C=O) groups excluding carboxylic acids is 1. The Bertz CT molecular complexity index is 974. The number of nitrogens with one attached hydrogen (secondary N) is 3. The van der Waals surface area contributed by atoms with E-state index in [1.165, 1.54) is 0 Å². The van der Waals surface area contributed by atoms with Crippen LogP contribution in [-0.2, 0) is 4.79 Å². The van der Waals surface area contributed by atoms with Gasteiger partial charge in [0.1, 0.15) is 5.75 Å². The number of ether oxygens (including phenoxy) is 3. The maximum atomic E-state index is 13.3. The Morgan fingerprint density at radius 2 is 1.69 bits per heavy atom. The second-order valence-corrected chi connectivity index (χ2v) is 6.72. The summed E-state index contributed by atoms with van der Waals surface area (Å²) in [5.41, 5.74) is 2.44. The molecule has 0 saturated heterocycles. The third kappa shape index (κ3) is 4.12. The third-order valence-electron chi connectivity index (χ3n) is 4.61. The fourth-order valence-corrected chi connectivity index (χ4v) is 3.58. The fourth-order valence-electron chi connectivity index (χ4n) is 3.30. The maximum absolute atomic E-state index is 13.3. The van der Waals surface area contributed by atoms with Crippen molar-refractivity contribution in [3.63, 3.8) is 0 Å². The van der Waals surface area contributed by atoms with E-state index >= 15 is 0 Å². The van der Waals surface area contributed by atoms with Crippen molar-refractivity contribution in [2.75, 3.05) is 26.6 Å². The van der Waals surface area contributed by atoms with Crippen LogP contribution in [0.1, 0.15) is 18.5 Å². The monoisotopic (exact) mass is 413 g/mol. The Morgan fingerprint density at radius 1 is 1.00 bits per heavy atom. The van der Waals surface area contributed by atoms with Gasteiger partial charge in [0, 0.05) is 11.3 Å². The van der Waals surface area contributed by atoms with Crippen LogP contribution in [0.2, 0.25) is 0 Å². The van der Waals surface area contributed by atoms with Gasteiger partial charge in [-0.25, -0.2) is 0 Å². The summed E-state index contributed by atoms with van der Waals surface area (Å²) in [7, 11) is 4.69. The van der Waals surface area contributed by atoms with Crippen LogP contribution < -0.4 is 30.2 Å². The van der Waals surface area contributed by atoms with E-state index in [0.29, 0.717) is 39.3 Å². The summed E-state index contributed by atoms with van der Waals surface area (Å²) in [5.74, 6) is 1.39. The number of hydrogen-bond acceptors (Lipinski definition) is 5. The van der Waals surface area contributed by atoms with Crippen molar-refractivity contribution in [1.29, 1.82) is 0 Å². The van der Waals surface area contributed by atoms with Crippen LogP contribution in [0.3, 0.4) is 0 Å². The number of allylic oxidation sites excluding steroid dienone is 1. The summed E-state index contributed by atoms with van der Waals surface area (Å²) in [4.78, 5) is 13.3. The van der Waals surface area contributed by atoms with Crippen LogP contribution in [0.15, 0.2) is 53.7 Å². The number of thiocarbonyl (C=S) groups is 1. The molecule has 0 radical (unpaired) electrons. The predicted octanol–water partition coefficient (Wildman–Crippen LogP) is 3.14. The fraction of sp³-hybridized carbons (Fsp3) is 0.238. The highest BCUT2D eigenvalue weighted by Gasteiger charge is 2.33. The molecule has 1 aliphatic heterocycles. The average Bonchev–Trinajstić information content (AvgIpc) is 2.72. The topological polar surface area (TPSA) is 80.9 Å². The van der Waals surface area contributed by atoms with Crippen molar-refractivity contribution in [3.8, 4) is 17.2 Å². The van der Waals surface area contributed by atoms with Crippen molar-refractivity contribution in [1.82, 2.24) is 10.6 Å². The summed E-state index contributed by atoms with van der Waals surface area (Å²) in [6.45, 7) is 1.81. The van der Waals surface area contributed by atoms with Gasteiger partial charge in [-0.2, -0.15) is 0 Å². The smallest absolute Gasteiger partial charge is 0.255 e. The Balaban J connectivity index is 2.04. The number of para-hydroxylation sites is 3. The van der Waals surface area contributed by atoms with E-state index in [0.717, 1.165) is 5.56 Å². The standard InChI is InChI=1S/C21H23N3O4S/c1-12-17(20(25)23-14-9-5-6-10-15(14)26-2)18(24-21(29)22-12)13-8-7-11-16(27-3)19(13)28-4/h5-11,18H,1-4H3,(H,23,25)(H2,22,24,29)/t18-/m1/s1. The Labute approximate surface area is 175 Å². The second kappa shape index (κ2) is 8.83. The highest BCUT2D eigenvalue weighted by Crippen LogP contribution is 2.39. The number of benzene rings is 2. The quantitative estimate of drug-likeness (QED) is 0.628. The molecule has 0 unspecified atom stereocenters. The molecule has 1 heterocycles. The first-order valence-electron chi connectivity index (χ1n) is 8.93. The largest absolute Gasteiger partial charge is 0.495 e. The van der Waals surface area contributed by atoms with Gasteiger partial charge < -0.3 is 30.2 Å². The van der Waals surface area contributed by atoms with Crippen molar-refractivity contribution in [3.05, 3.63) is 59.3 Å². The van der Waals surface area contributed by atoms with Crippen LogP contribution in [0.5, 0.6) is 17.2 Å². The zero-order valence-electron chi connectivity index (χ0n) is 16.7. The molecule has 8 heteroatoms. The molecule has 0 saturated carbocycles. The summed E-state index contributed by atoms with van der Waals surface area (Å²) in [5, 5.41) is 9.54. The molecule has 1 amide bonds. The lowest BCUT2D eigenvalue weighted by atomic mass is 9.93. The first-order chi connectivity index (χ1) is 14.0. The molecule has 1 atom stereocenters. The van der Waals surface area contributed by atoms with Gasteiger partial charge in [0.25, 0.3) is 5.91 Å². The molecule has 3 rings (SSSR count). The molecule has 0 aliphatic carbocycles. The van der Waals surface area contributed by atoms with Crippen LogP contribution in [0, 0.1) is 0 Å². The van der Waals surface area contributed by atoms with Gasteiger partial charge in [-0.3, -0.25) is 4.79 Å². The first kappa shape index (κ1) is 20.5. The SMILES string of the molecule is COc1ccccc1NC(=O)C1=C(C)NC(=S)N[C@@H]1c1cccc(OC)c1OC. The normalized spacial score (nSPS) is 15.9. The molecule has 1 aliphatic rings. The van der Waals surface area contributed by atoms with Gasteiger partial charge in [-0.1, -0.05) is 24.3 Å². The molecule has 29 heavy (non-hydrogen) atoms. The Morgan fingerprint density at radius 3 is 2.38 bits per heavy atom. The molecule has 2 aromatic rings. The summed E-state index contributed by atoms with van der Waals surface area (Å²) >= 11 is 5.33. The van der Waals surface area contributed by atoms with Gasteiger partial charge >= 0.3 is 0 Å². The highest BCUT2D eigenvalue weighted by atomic mass is 32.1. The molecule has 2 aromatic carbocycles. The minimum absolute atomic E-state index is 0.288. The van der Waals surface area contributed by atoms with Gasteiger partial charge in [-0.15, -0.1) is 0 Å². The lowest BCUT2D eigenvalue weighted by Crippen LogP contribution is -2.45. The van der Waals surface area contributed by atoms with Crippen molar-refractivity contribution in [2.24, 2.45) is 0 Å². The molecule has 7 nitrogen and oxygen atoms in total. The summed E-state index contributed by atoms with van der Waals surface area (Å²) in [6.07, 6.45) is 0. The van der Waals surface area contributed by atoms with Crippen molar-refractivity contribution >= 4 is 28.9 Å². The number of hydrogen-bond donors (Lipinski definition) is 3. The summed E-state index contributed by atoms with van der Waals surface area (Å²) < 4.78 is 16.3. The lowest BCUT2D eigenvalue weighted by molar-refractivity contribution is -0.113. The molecule has 0 fully saturated rings. The molecule has 0 spiro atoms. The number of methoxy groups -OCH3 is 3. The molecule has 152 valence electrons. The van der Waals surface area contributed by atoms with Gasteiger partial charge in [0.15, 0.2) is 16.6 Å². The molecule has 3 N–H and O–H groups in total. The molecule has 0 aromatic heterocycles. The van der Waals surface area contributed by atoms with E-state index in [2.05, 4.69) is 16.0 Å². The number of amides is 1. The van der Waals surface area contributed by atoms with Gasteiger partial charge in [-0.05, 0) is 37.3 Å². The van der Waals surface area contributed by atoms with E-state index in [1.807, 2.05) is 31.2 Å². The van der Waals surface area contributed by atoms with E-state index < -0.39 is 6.04 Å². The van der Waals surface area contributed by atoms with Crippen LogP contribution >= 0.6 is 12.2 Å². The number of carbonyl (C=O) groups is 1. The summed E-state index contributed by atoms with van der Waals surface area (Å²) in [6, 6.07) is 12.2. The van der Waals surface area contributed by atoms with Crippen LogP contribution in [0.4, 0.5) is 5.69 Å².